The van der Waals surface area contributed by atoms with Gasteiger partial charge in [-0.25, -0.2) is 14.5 Å². The van der Waals surface area contributed by atoms with Gasteiger partial charge in [0, 0.05) is 28.6 Å². The summed E-state index contributed by atoms with van der Waals surface area (Å²) in [6.07, 6.45) is -1.86. The highest BCUT2D eigenvalue weighted by Gasteiger charge is 2.34. The molecular weight excluding hydrogens is 403 g/mol. The standard InChI is InChI=1S/C20H12F3N3O2S/c21-20(22,23)15-7-3-4-8-16(15)26-17(27)13-6-2-1-5-12(13)14(18(26)28)11-25-19-24-9-10-29-19/h1-11,28H/b25-11+. The third-order valence-corrected chi connectivity index (χ3v) is 4.96. The Morgan fingerprint density at radius 2 is 1.76 bits per heavy atom. The molecule has 29 heavy (non-hydrogen) atoms. The fourth-order valence-electron chi connectivity index (χ4n) is 3.02. The van der Waals surface area contributed by atoms with E-state index in [1.807, 2.05) is 0 Å². The second-order valence-corrected chi connectivity index (χ2v) is 6.88. The van der Waals surface area contributed by atoms with Gasteiger partial charge >= 0.3 is 6.18 Å². The molecule has 0 aliphatic heterocycles. The first-order chi connectivity index (χ1) is 13.9. The van der Waals surface area contributed by atoms with Crippen LogP contribution < -0.4 is 5.56 Å². The van der Waals surface area contributed by atoms with Gasteiger partial charge in [0.25, 0.3) is 5.56 Å². The van der Waals surface area contributed by atoms with Crippen molar-refractivity contribution < 1.29 is 18.3 Å². The topological polar surface area (TPSA) is 67.5 Å². The molecule has 5 nitrogen and oxygen atoms in total. The van der Waals surface area contributed by atoms with Crippen molar-refractivity contribution in [2.45, 2.75) is 6.18 Å². The minimum absolute atomic E-state index is 0.118. The van der Waals surface area contributed by atoms with E-state index in [1.54, 1.807) is 29.8 Å². The molecule has 0 saturated heterocycles. The number of pyridine rings is 1. The SMILES string of the molecule is O=c1c2ccccc2c(/C=N/c2nccs2)c(O)n1-c1ccccc1C(F)(F)F. The van der Waals surface area contributed by atoms with Crippen molar-refractivity contribution in [1.29, 1.82) is 0 Å². The van der Waals surface area contributed by atoms with Gasteiger partial charge in [-0.1, -0.05) is 30.3 Å². The van der Waals surface area contributed by atoms with Gasteiger partial charge in [0.15, 0.2) is 0 Å². The monoisotopic (exact) mass is 415 g/mol. The Kier molecular flexibility index (Phi) is 4.67. The number of aromatic hydroxyl groups is 1. The van der Waals surface area contributed by atoms with Gasteiger partial charge in [-0.2, -0.15) is 13.2 Å². The van der Waals surface area contributed by atoms with E-state index in [0.29, 0.717) is 15.1 Å². The lowest BCUT2D eigenvalue weighted by Gasteiger charge is -2.17. The molecule has 0 spiro atoms. The second kappa shape index (κ2) is 7.17. The second-order valence-electron chi connectivity index (χ2n) is 6.01. The number of alkyl halides is 3. The zero-order valence-corrected chi connectivity index (χ0v) is 15.4. The van der Waals surface area contributed by atoms with Crippen LogP contribution in [0.25, 0.3) is 16.5 Å². The minimum atomic E-state index is -4.71. The molecule has 4 rings (SSSR count). The Bertz CT molecular complexity index is 1280. The van der Waals surface area contributed by atoms with Crippen molar-refractivity contribution in [3.8, 4) is 11.6 Å². The molecule has 0 saturated carbocycles. The maximum atomic E-state index is 13.5. The number of rotatable bonds is 3. The summed E-state index contributed by atoms with van der Waals surface area (Å²) in [5.74, 6) is -0.634. The Hall–Kier alpha value is -3.46. The largest absolute Gasteiger partial charge is 0.494 e. The summed E-state index contributed by atoms with van der Waals surface area (Å²) in [6, 6.07) is 10.9. The van der Waals surface area contributed by atoms with Gasteiger partial charge in [-0.05, 0) is 18.2 Å². The summed E-state index contributed by atoms with van der Waals surface area (Å²) in [7, 11) is 0. The Morgan fingerprint density at radius 3 is 2.45 bits per heavy atom. The minimum Gasteiger partial charge on any atom is -0.494 e. The quantitative estimate of drug-likeness (QED) is 0.483. The van der Waals surface area contributed by atoms with E-state index < -0.39 is 28.9 Å². The zero-order valence-electron chi connectivity index (χ0n) is 14.6. The molecule has 0 radical (unpaired) electrons. The number of fused-ring (bicyclic) bond motifs is 1. The molecule has 0 atom stereocenters. The first-order valence-electron chi connectivity index (χ1n) is 8.35. The zero-order chi connectivity index (χ0) is 20.6. The maximum Gasteiger partial charge on any atom is 0.418 e. The Labute approximate surface area is 166 Å². The van der Waals surface area contributed by atoms with E-state index in [0.717, 1.165) is 12.1 Å². The highest BCUT2D eigenvalue weighted by atomic mass is 32.1. The van der Waals surface area contributed by atoms with Crippen molar-refractivity contribution in [1.82, 2.24) is 9.55 Å². The normalized spacial score (nSPS) is 12.1. The van der Waals surface area contributed by atoms with Crippen LogP contribution in [0.15, 0.2) is 69.9 Å². The van der Waals surface area contributed by atoms with Gasteiger partial charge in [0.2, 0.25) is 11.0 Å². The lowest BCUT2D eigenvalue weighted by Crippen LogP contribution is -2.23. The van der Waals surface area contributed by atoms with Crippen LogP contribution in [0.3, 0.4) is 0 Å². The summed E-state index contributed by atoms with van der Waals surface area (Å²) >= 11 is 1.26. The highest BCUT2D eigenvalue weighted by Crippen LogP contribution is 2.35. The summed E-state index contributed by atoms with van der Waals surface area (Å²) < 4.78 is 41.2. The number of aromatic nitrogens is 2. The van der Waals surface area contributed by atoms with Crippen LogP contribution in [0.4, 0.5) is 18.3 Å². The van der Waals surface area contributed by atoms with Crippen LogP contribution in [0.2, 0.25) is 0 Å². The maximum absolute atomic E-state index is 13.5. The smallest absolute Gasteiger partial charge is 0.418 e. The van der Waals surface area contributed by atoms with E-state index in [1.165, 1.54) is 35.8 Å². The molecule has 4 aromatic rings. The molecule has 1 N–H and O–H groups in total. The molecular formula is C20H12F3N3O2S. The van der Waals surface area contributed by atoms with Gasteiger partial charge < -0.3 is 5.11 Å². The number of aliphatic imine (C=N–C) groups is 1. The number of nitrogens with zero attached hydrogens (tertiary/aromatic N) is 3. The Balaban J connectivity index is 2.06. The first kappa shape index (κ1) is 18.9. The third-order valence-electron chi connectivity index (χ3n) is 4.28. The van der Waals surface area contributed by atoms with Crippen molar-refractivity contribution >= 4 is 33.5 Å². The Morgan fingerprint density at radius 1 is 1.07 bits per heavy atom. The van der Waals surface area contributed by atoms with Crippen molar-refractivity contribution in [2.75, 3.05) is 0 Å². The lowest BCUT2D eigenvalue weighted by molar-refractivity contribution is -0.137. The fourth-order valence-corrected chi connectivity index (χ4v) is 3.50. The first-order valence-corrected chi connectivity index (χ1v) is 9.23. The van der Waals surface area contributed by atoms with Crippen molar-refractivity contribution in [3.05, 3.63) is 81.6 Å². The molecule has 0 aliphatic carbocycles. The molecule has 0 amide bonds. The molecule has 0 unspecified atom stereocenters. The van der Waals surface area contributed by atoms with Crippen molar-refractivity contribution in [3.63, 3.8) is 0 Å². The average Bonchev–Trinajstić information content (AvgIpc) is 3.21. The molecule has 2 aromatic carbocycles. The number of hydrogen-bond acceptors (Lipinski definition) is 5. The molecule has 2 aromatic heterocycles. The molecule has 9 heteroatoms. The van der Waals surface area contributed by atoms with Crippen LogP contribution in [-0.4, -0.2) is 20.9 Å². The average molecular weight is 415 g/mol. The summed E-state index contributed by atoms with van der Waals surface area (Å²) in [5.41, 5.74) is -2.14. The van der Waals surface area contributed by atoms with Gasteiger partial charge in [0.05, 0.1) is 16.8 Å². The lowest BCUT2D eigenvalue weighted by atomic mass is 10.1. The summed E-state index contributed by atoms with van der Waals surface area (Å²) in [5, 5.41) is 13.5. The number of halogens is 3. The molecule has 0 bridgehead atoms. The van der Waals surface area contributed by atoms with E-state index in [9.17, 15) is 23.1 Å². The van der Waals surface area contributed by atoms with Crippen LogP contribution in [0, 0.1) is 0 Å². The fraction of sp³-hybridized carbons (Fsp3) is 0.0500. The van der Waals surface area contributed by atoms with Gasteiger partial charge in [-0.15, -0.1) is 11.3 Å². The molecule has 146 valence electrons. The number of benzene rings is 2. The van der Waals surface area contributed by atoms with E-state index in [-0.39, 0.29) is 10.9 Å². The van der Waals surface area contributed by atoms with Crippen LogP contribution in [0.1, 0.15) is 11.1 Å². The predicted molar refractivity (Wildman–Crippen MR) is 106 cm³/mol. The van der Waals surface area contributed by atoms with E-state index >= 15 is 0 Å². The van der Waals surface area contributed by atoms with Gasteiger partial charge in [-0.3, -0.25) is 4.79 Å². The van der Waals surface area contributed by atoms with E-state index in [4.69, 9.17) is 0 Å². The third kappa shape index (κ3) is 3.40. The van der Waals surface area contributed by atoms with Crippen LogP contribution in [0.5, 0.6) is 5.88 Å². The van der Waals surface area contributed by atoms with Crippen molar-refractivity contribution in [2.24, 2.45) is 4.99 Å². The number of thiazole rings is 1. The highest BCUT2D eigenvalue weighted by molar-refractivity contribution is 7.13. The van der Waals surface area contributed by atoms with Crippen LogP contribution in [-0.2, 0) is 6.18 Å². The van der Waals surface area contributed by atoms with E-state index in [2.05, 4.69) is 9.98 Å². The summed E-state index contributed by atoms with van der Waals surface area (Å²) in [4.78, 5) is 21.2. The molecule has 2 heterocycles. The predicted octanol–water partition coefficient (Wildman–Crippen LogP) is 4.92. The number of para-hydroxylation sites is 1. The molecule has 0 fully saturated rings. The summed E-state index contributed by atoms with van der Waals surface area (Å²) in [6.45, 7) is 0. The van der Waals surface area contributed by atoms with Crippen LogP contribution >= 0.6 is 11.3 Å². The van der Waals surface area contributed by atoms with Gasteiger partial charge in [0.1, 0.15) is 0 Å². The number of hydrogen-bond donors (Lipinski definition) is 1. The molecule has 0 aliphatic rings.